The monoisotopic (exact) mass is 540 g/mol. The van der Waals surface area contributed by atoms with E-state index < -0.39 is 11.9 Å². The number of ether oxygens (including phenoxy) is 1. The van der Waals surface area contributed by atoms with Crippen LogP contribution in [0.15, 0.2) is 30.3 Å². The second-order valence-electron chi connectivity index (χ2n) is 9.91. The highest BCUT2D eigenvalue weighted by molar-refractivity contribution is 6.31. The number of hydrogen-bond acceptors (Lipinski definition) is 6. The minimum Gasteiger partial charge on any atom is -0.383 e. The number of hydrogen-bond donors (Lipinski definition) is 2. The van der Waals surface area contributed by atoms with Gasteiger partial charge in [0.1, 0.15) is 6.04 Å². The molecule has 2 N–H and O–H groups in total. The number of carbonyl (C=O) groups is 4. The van der Waals surface area contributed by atoms with Gasteiger partial charge in [0.25, 0.3) is 5.91 Å². The number of methoxy groups -OCH3 is 1. The van der Waals surface area contributed by atoms with Gasteiger partial charge in [0.05, 0.1) is 6.61 Å². The van der Waals surface area contributed by atoms with E-state index in [1.807, 2.05) is 32.2 Å². The highest BCUT2D eigenvalue weighted by atomic mass is 35.5. The fourth-order valence-corrected chi connectivity index (χ4v) is 5.07. The summed E-state index contributed by atoms with van der Waals surface area (Å²) in [6.07, 6.45) is 1.23. The zero-order valence-corrected chi connectivity index (χ0v) is 22.7. The number of nitrogens with zero attached hydrogens (tertiary/aromatic N) is 2. The minimum atomic E-state index is -0.646. The van der Waals surface area contributed by atoms with Crippen molar-refractivity contribution in [2.75, 3.05) is 32.6 Å². The summed E-state index contributed by atoms with van der Waals surface area (Å²) in [6.45, 7) is 4.38. The van der Waals surface area contributed by atoms with E-state index in [1.54, 1.807) is 19.2 Å². The molecule has 2 heterocycles. The largest absolute Gasteiger partial charge is 0.383 e. The molecule has 1 saturated heterocycles. The molecule has 2 aliphatic rings. The van der Waals surface area contributed by atoms with Crippen LogP contribution in [0.3, 0.4) is 0 Å². The van der Waals surface area contributed by atoms with Crippen LogP contribution in [0.5, 0.6) is 0 Å². The molecule has 0 bridgehead atoms. The van der Waals surface area contributed by atoms with Gasteiger partial charge >= 0.3 is 0 Å². The van der Waals surface area contributed by atoms with Crippen LogP contribution < -0.4 is 10.6 Å². The van der Waals surface area contributed by atoms with Crippen LogP contribution >= 0.6 is 11.6 Å². The van der Waals surface area contributed by atoms with Gasteiger partial charge in [0.15, 0.2) is 0 Å². The summed E-state index contributed by atoms with van der Waals surface area (Å²) in [4.78, 5) is 53.2. The number of piperidine rings is 1. The van der Waals surface area contributed by atoms with Gasteiger partial charge < -0.3 is 15.0 Å². The Morgan fingerprint density at radius 3 is 2.76 bits per heavy atom. The Hall–Kier alpha value is -3.27. The zero-order chi connectivity index (χ0) is 27.4. The van der Waals surface area contributed by atoms with Crippen LogP contribution in [-0.4, -0.2) is 66.8 Å². The van der Waals surface area contributed by atoms with Gasteiger partial charge in [-0.1, -0.05) is 23.7 Å². The molecule has 1 unspecified atom stereocenters. The Kier molecular flexibility index (Phi) is 8.81. The number of anilines is 1. The average molecular weight is 541 g/mol. The third-order valence-electron chi connectivity index (χ3n) is 7.09. The van der Waals surface area contributed by atoms with Crippen molar-refractivity contribution in [3.63, 3.8) is 0 Å². The normalized spacial score (nSPS) is 17.1. The van der Waals surface area contributed by atoms with Gasteiger partial charge in [-0.25, -0.2) is 0 Å². The molecule has 2 aliphatic heterocycles. The summed E-state index contributed by atoms with van der Waals surface area (Å²) in [5.41, 5.74) is 4.89. The second-order valence-corrected chi connectivity index (χ2v) is 10.3. The van der Waals surface area contributed by atoms with Crippen molar-refractivity contribution in [2.24, 2.45) is 0 Å². The van der Waals surface area contributed by atoms with E-state index in [1.165, 1.54) is 4.90 Å². The quantitative estimate of drug-likeness (QED) is 0.448. The van der Waals surface area contributed by atoms with Gasteiger partial charge in [0, 0.05) is 55.9 Å². The lowest BCUT2D eigenvalue weighted by Crippen LogP contribution is -2.52. The van der Waals surface area contributed by atoms with Crippen LogP contribution in [0.1, 0.15) is 51.9 Å². The molecule has 4 rings (SSSR count). The van der Waals surface area contributed by atoms with Crippen LogP contribution in [0, 0.1) is 6.92 Å². The molecule has 4 amide bonds. The van der Waals surface area contributed by atoms with Gasteiger partial charge in [-0.2, -0.15) is 0 Å². The molecular weight excluding hydrogens is 508 g/mol. The number of likely N-dealkylation sites (N-methyl/N-ethyl adjacent to an activating group) is 1. The SMILES string of the molecule is COCCN(C)Cc1cc(NC(=O)CCc2ccc3c(c2)C(=O)N(C2CCC(=O)NC2=O)C3)cc(Cl)c1C. The van der Waals surface area contributed by atoms with Crippen molar-refractivity contribution in [3.8, 4) is 0 Å². The smallest absolute Gasteiger partial charge is 0.255 e. The molecule has 1 fully saturated rings. The lowest BCUT2D eigenvalue weighted by Gasteiger charge is -2.29. The molecule has 0 aromatic heterocycles. The van der Waals surface area contributed by atoms with Crippen molar-refractivity contribution in [2.45, 2.75) is 51.7 Å². The zero-order valence-electron chi connectivity index (χ0n) is 21.9. The van der Waals surface area contributed by atoms with Crippen LogP contribution in [0.25, 0.3) is 0 Å². The molecule has 0 saturated carbocycles. The Bertz CT molecular complexity index is 1260. The number of halogens is 1. The number of carbonyl (C=O) groups excluding carboxylic acids is 4. The fourth-order valence-electron chi connectivity index (χ4n) is 4.83. The number of benzene rings is 2. The molecular formula is C28H33ClN4O5. The maximum atomic E-state index is 13.0. The third-order valence-corrected chi connectivity index (χ3v) is 7.48. The average Bonchev–Trinajstić information content (AvgIpc) is 3.20. The number of rotatable bonds is 10. The Morgan fingerprint density at radius 1 is 1.24 bits per heavy atom. The first-order chi connectivity index (χ1) is 18.2. The van der Waals surface area contributed by atoms with Crippen LogP contribution in [-0.2, 0) is 38.6 Å². The summed E-state index contributed by atoms with van der Waals surface area (Å²) in [6, 6.07) is 8.63. The Labute approximate surface area is 227 Å². The molecule has 202 valence electrons. The molecule has 10 heteroatoms. The highest BCUT2D eigenvalue weighted by Gasteiger charge is 2.39. The van der Waals surface area contributed by atoms with Crippen LogP contribution in [0.4, 0.5) is 5.69 Å². The number of aryl methyl sites for hydroxylation is 1. The molecule has 2 aromatic carbocycles. The standard InChI is InChI=1S/C28H33ClN4O5/c1-17-20(15-32(2)10-11-38-3)13-21(14-23(17)29)30-25(34)8-5-18-4-6-19-16-33(28(37)22(19)12-18)24-7-9-26(35)31-27(24)36/h4,6,12-14,24H,5,7-11,15-16H2,1-3H3,(H,30,34)(H,31,35,36). The van der Waals surface area contributed by atoms with E-state index >= 15 is 0 Å². The van der Waals surface area contributed by atoms with Gasteiger partial charge in [-0.05, 0) is 67.3 Å². The summed E-state index contributed by atoms with van der Waals surface area (Å²) in [5, 5.41) is 5.85. The van der Waals surface area contributed by atoms with Crippen molar-refractivity contribution in [1.82, 2.24) is 15.1 Å². The van der Waals surface area contributed by atoms with E-state index in [0.29, 0.717) is 48.8 Å². The minimum absolute atomic E-state index is 0.152. The van der Waals surface area contributed by atoms with Crippen molar-refractivity contribution in [3.05, 3.63) is 63.2 Å². The fraction of sp³-hybridized carbons (Fsp3) is 0.429. The van der Waals surface area contributed by atoms with Crippen LogP contribution in [0.2, 0.25) is 5.02 Å². The third kappa shape index (κ3) is 6.40. The molecule has 0 radical (unpaired) electrons. The van der Waals surface area contributed by atoms with Crippen molar-refractivity contribution in [1.29, 1.82) is 0 Å². The van der Waals surface area contributed by atoms with Gasteiger partial charge in [-0.15, -0.1) is 0 Å². The molecule has 9 nitrogen and oxygen atoms in total. The van der Waals surface area contributed by atoms with E-state index in [0.717, 1.165) is 28.8 Å². The predicted molar refractivity (Wildman–Crippen MR) is 144 cm³/mol. The Balaban J connectivity index is 1.36. The van der Waals surface area contributed by atoms with E-state index in [2.05, 4.69) is 15.5 Å². The van der Waals surface area contributed by atoms with Gasteiger partial charge in [0.2, 0.25) is 17.7 Å². The summed E-state index contributed by atoms with van der Waals surface area (Å²) in [7, 11) is 3.67. The number of nitrogens with one attached hydrogen (secondary N) is 2. The van der Waals surface area contributed by atoms with E-state index in [4.69, 9.17) is 16.3 Å². The van der Waals surface area contributed by atoms with E-state index in [-0.39, 0.29) is 30.6 Å². The predicted octanol–water partition coefficient (Wildman–Crippen LogP) is 3.06. The van der Waals surface area contributed by atoms with E-state index in [9.17, 15) is 19.2 Å². The maximum Gasteiger partial charge on any atom is 0.255 e. The maximum absolute atomic E-state index is 13.0. The first kappa shape index (κ1) is 27.8. The lowest BCUT2D eigenvalue weighted by atomic mass is 10.0. The summed E-state index contributed by atoms with van der Waals surface area (Å²) >= 11 is 6.44. The second kappa shape index (κ2) is 12.1. The summed E-state index contributed by atoms with van der Waals surface area (Å²) < 4.78 is 5.14. The van der Waals surface area contributed by atoms with Gasteiger partial charge in [-0.3, -0.25) is 29.4 Å². The molecule has 38 heavy (non-hydrogen) atoms. The number of imide groups is 1. The first-order valence-electron chi connectivity index (χ1n) is 12.7. The lowest BCUT2D eigenvalue weighted by molar-refractivity contribution is -0.137. The molecule has 0 aliphatic carbocycles. The molecule has 0 spiro atoms. The number of fused-ring (bicyclic) bond motifs is 1. The number of amides is 4. The summed E-state index contributed by atoms with van der Waals surface area (Å²) in [5.74, 6) is -1.12. The Morgan fingerprint density at radius 2 is 2.03 bits per heavy atom. The highest BCUT2D eigenvalue weighted by Crippen LogP contribution is 2.29. The first-order valence-corrected chi connectivity index (χ1v) is 13.1. The molecule has 2 aromatic rings. The molecule has 1 atom stereocenters. The van der Waals surface area contributed by atoms with Crippen molar-refractivity contribution < 1.29 is 23.9 Å². The topological polar surface area (TPSA) is 108 Å². The van der Waals surface area contributed by atoms with Crippen molar-refractivity contribution >= 4 is 40.9 Å².